The Morgan fingerprint density at radius 2 is 2.29 bits per heavy atom. The number of benzene rings is 1. The zero-order valence-electron chi connectivity index (χ0n) is 11.4. The highest BCUT2D eigenvalue weighted by Crippen LogP contribution is 2.28. The smallest absolute Gasteiger partial charge is 0.180 e. The summed E-state index contributed by atoms with van der Waals surface area (Å²) >= 11 is 0. The van der Waals surface area contributed by atoms with Crippen molar-refractivity contribution in [3.05, 3.63) is 48.4 Å². The van der Waals surface area contributed by atoms with Gasteiger partial charge < -0.3 is 20.2 Å². The normalized spacial score (nSPS) is 16.7. The highest BCUT2D eigenvalue weighted by Gasteiger charge is 2.22. The first-order valence-corrected chi connectivity index (χ1v) is 6.87. The van der Waals surface area contributed by atoms with Crippen molar-refractivity contribution in [2.45, 2.75) is 12.5 Å². The number of para-hydroxylation sites is 1. The molecule has 0 amide bonds. The number of nitrogen functional groups attached to an aromatic ring is 1. The number of nitrogens with zero attached hydrogens (tertiary/aromatic N) is 3. The van der Waals surface area contributed by atoms with Gasteiger partial charge in [0, 0.05) is 18.8 Å². The van der Waals surface area contributed by atoms with Crippen LogP contribution in [0.2, 0.25) is 0 Å². The SMILES string of the molecule is Nc1cn2ccnc2c(NCC2Cc3ccccc3O2)n1. The van der Waals surface area contributed by atoms with Crippen molar-refractivity contribution in [3.63, 3.8) is 0 Å². The molecule has 4 rings (SSSR count). The molecule has 0 saturated carbocycles. The van der Waals surface area contributed by atoms with Crippen molar-refractivity contribution in [2.24, 2.45) is 0 Å². The van der Waals surface area contributed by atoms with Gasteiger partial charge >= 0.3 is 0 Å². The van der Waals surface area contributed by atoms with Gasteiger partial charge in [-0.3, -0.25) is 0 Å². The number of anilines is 2. The standard InChI is InChI=1S/C15H15N5O/c16-13-9-20-6-5-17-15(20)14(19-13)18-8-11-7-10-3-1-2-4-12(10)21-11/h1-6,9,11H,7-8,16H2,(H,18,19). The number of aromatic nitrogens is 3. The van der Waals surface area contributed by atoms with E-state index in [0.717, 1.165) is 17.8 Å². The molecule has 0 aliphatic carbocycles. The molecule has 106 valence electrons. The summed E-state index contributed by atoms with van der Waals surface area (Å²) in [7, 11) is 0. The molecule has 6 nitrogen and oxygen atoms in total. The second kappa shape index (κ2) is 4.66. The van der Waals surface area contributed by atoms with Gasteiger partial charge in [-0.2, -0.15) is 0 Å². The Hall–Kier alpha value is -2.76. The van der Waals surface area contributed by atoms with E-state index in [1.165, 1.54) is 5.56 Å². The number of imidazole rings is 1. The molecule has 1 aliphatic heterocycles. The first-order valence-electron chi connectivity index (χ1n) is 6.87. The van der Waals surface area contributed by atoms with E-state index in [0.29, 0.717) is 18.2 Å². The summed E-state index contributed by atoms with van der Waals surface area (Å²) in [5.74, 6) is 2.11. The summed E-state index contributed by atoms with van der Waals surface area (Å²) in [6, 6.07) is 8.12. The van der Waals surface area contributed by atoms with Crippen LogP contribution >= 0.6 is 0 Å². The predicted octanol–water partition coefficient (Wildman–Crippen LogP) is 1.73. The Balaban J connectivity index is 1.51. The zero-order chi connectivity index (χ0) is 14.2. The molecule has 21 heavy (non-hydrogen) atoms. The van der Waals surface area contributed by atoms with Crippen LogP contribution in [0, 0.1) is 0 Å². The van der Waals surface area contributed by atoms with Crippen LogP contribution in [-0.4, -0.2) is 27.0 Å². The molecule has 0 spiro atoms. The van der Waals surface area contributed by atoms with Gasteiger partial charge in [-0.1, -0.05) is 18.2 Å². The summed E-state index contributed by atoms with van der Waals surface area (Å²) in [5, 5.41) is 3.29. The first kappa shape index (κ1) is 12.0. The summed E-state index contributed by atoms with van der Waals surface area (Å²) in [5.41, 5.74) is 7.82. The van der Waals surface area contributed by atoms with Crippen LogP contribution in [0.25, 0.3) is 5.65 Å². The maximum Gasteiger partial charge on any atom is 0.180 e. The molecule has 3 heterocycles. The average Bonchev–Trinajstić information content (AvgIpc) is 3.10. The number of ether oxygens (including phenoxy) is 1. The first-order chi connectivity index (χ1) is 10.3. The van der Waals surface area contributed by atoms with Crippen molar-refractivity contribution in [3.8, 4) is 5.75 Å². The maximum absolute atomic E-state index is 5.90. The topological polar surface area (TPSA) is 77.5 Å². The molecular weight excluding hydrogens is 266 g/mol. The number of rotatable bonds is 3. The lowest BCUT2D eigenvalue weighted by Crippen LogP contribution is -2.24. The van der Waals surface area contributed by atoms with Crippen LogP contribution in [0.3, 0.4) is 0 Å². The van der Waals surface area contributed by atoms with Crippen LogP contribution in [0.5, 0.6) is 5.75 Å². The fraction of sp³-hybridized carbons (Fsp3) is 0.200. The van der Waals surface area contributed by atoms with Gasteiger partial charge in [0.15, 0.2) is 11.5 Å². The number of hydrogen-bond acceptors (Lipinski definition) is 5. The minimum absolute atomic E-state index is 0.0978. The fourth-order valence-electron chi connectivity index (χ4n) is 2.65. The summed E-state index contributed by atoms with van der Waals surface area (Å²) in [6.07, 6.45) is 6.32. The van der Waals surface area contributed by atoms with Crippen LogP contribution in [0.1, 0.15) is 5.56 Å². The van der Waals surface area contributed by atoms with E-state index in [1.807, 2.05) is 28.8 Å². The molecule has 1 aliphatic rings. The van der Waals surface area contributed by atoms with Crippen molar-refractivity contribution in [1.29, 1.82) is 0 Å². The molecule has 1 atom stereocenters. The zero-order valence-corrected chi connectivity index (χ0v) is 11.4. The molecular formula is C15H15N5O. The van der Waals surface area contributed by atoms with Gasteiger partial charge in [-0.05, 0) is 11.6 Å². The van der Waals surface area contributed by atoms with E-state index in [2.05, 4.69) is 21.4 Å². The molecule has 0 bridgehead atoms. The average molecular weight is 281 g/mol. The third-order valence-electron chi connectivity index (χ3n) is 3.60. The Bertz CT molecular complexity index is 773. The molecule has 0 radical (unpaired) electrons. The molecule has 0 fully saturated rings. The Labute approximate surface area is 121 Å². The van der Waals surface area contributed by atoms with Crippen molar-refractivity contribution >= 4 is 17.3 Å². The van der Waals surface area contributed by atoms with E-state index in [-0.39, 0.29) is 6.10 Å². The van der Waals surface area contributed by atoms with Crippen molar-refractivity contribution in [1.82, 2.24) is 14.4 Å². The lowest BCUT2D eigenvalue weighted by atomic mass is 10.1. The highest BCUT2D eigenvalue weighted by atomic mass is 16.5. The fourth-order valence-corrected chi connectivity index (χ4v) is 2.65. The molecule has 3 N–H and O–H groups in total. The van der Waals surface area contributed by atoms with E-state index >= 15 is 0 Å². The number of hydrogen-bond donors (Lipinski definition) is 2. The molecule has 1 aromatic carbocycles. The van der Waals surface area contributed by atoms with Gasteiger partial charge in [0.05, 0.1) is 12.7 Å². The summed E-state index contributed by atoms with van der Waals surface area (Å²) in [6.45, 7) is 0.660. The van der Waals surface area contributed by atoms with E-state index < -0.39 is 0 Å². The summed E-state index contributed by atoms with van der Waals surface area (Å²) < 4.78 is 7.76. The molecule has 3 aromatic rings. The minimum Gasteiger partial charge on any atom is -0.488 e. The Kier molecular flexibility index (Phi) is 2.67. The maximum atomic E-state index is 5.90. The third-order valence-corrected chi connectivity index (χ3v) is 3.60. The van der Waals surface area contributed by atoms with Gasteiger partial charge in [0.25, 0.3) is 0 Å². The molecule has 6 heteroatoms. The van der Waals surface area contributed by atoms with Gasteiger partial charge in [-0.15, -0.1) is 0 Å². The second-order valence-electron chi connectivity index (χ2n) is 5.11. The quantitative estimate of drug-likeness (QED) is 0.764. The van der Waals surface area contributed by atoms with Crippen LogP contribution in [-0.2, 0) is 6.42 Å². The molecule has 2 aromatic heterocycles. The van der Waals surface area contributed by atoms with E-state index in [9.17, 15) is 0 Å². The predicted molar refractivity (Wildman–Crippen MR) is 80.5 cm³/mol. The van der Waals surface area contributed by atoms with E-state index in [4.69, 9.17) is 10.5 Å². The molecule has 1 unspecified atom stereocenters. The summed E-state index contributed by atoms with van der Waals surface area (Å²) in [4.78, 5) is 8.60. The van der Waals surface area contributed by atoms with Crippen LogP contribution in [0.15, 0.2) is 42.9 Å². The number of fused-ring (bicyclic) bond motifs is 2. The van der Waals surface area contributed by atoms with E-state index in [1.54, 1.807) is 12.4 Å². The Morgan fingerprint density at radius 1 is 1.38 bits per heavy atom. The highest BCUT2D eigenvalue weighted by molar-refractivity contribution is 5.64. The number of nitrogens with one attached hydrogen (secondary N) is 1. The third kappa shape index (κ3) is 2.14. The van der Waals surface area contributed by atoms with Gasteiger partial charge in [-0.25, -0.2) is 9.97 Å². The largest absolute Gasteiger partial charge is 0.488 e. The van der Waals surface area contributed by atoms with Crippen LogP contribution in [0.4, 0.5) is 11.6 Å². The van der Waals surface area contributed by atoms with Gasteiger partial charge in [0.1, 0.15) is 17.7 Å². The van der Waals surface area contributed by atoms with Crippen LogP contribution < -0.4 is 15.8 Å². The molecule has 0 saturated heterocycles. The monoisotopic (exact) mass is 281 g/mol. The Morgan fingerprint density at radius 3 is 3.19 bits per heavy atom. The van der Waals surface area contributed by atoms with Crippen molar-refractivity contribution < 1.29 is 4.74 Å². The van der Waals surface area contributed by atoms with Crippen molar-refractivity contribution in [2.75, 3.05) is 17.6 Å². The lowest BCUT2D eigenvalue weighted by Gasteiger charge is -2.13. The second-order valence-corrected chi connectivity index (χ2v) is 5.11. The number of nitrogens with two attached hydrogens (primary N) is 1. The van der Waals surface area contributed by atoms with Gasteiger partial charge in [0.2, 0.25) is 0 Å². The lowest BCUT2D eigenvalue weighted by molar-refractivity contribution is 0.246. The minimum atomic E-state index is 0.0978.